The molecule has 0 fully saturated rings. The van der Waals surface area contributed by atoms with Gasteiger partial charge < -0.3 is 4.74 Å². The molecular formula is C16H17ClF3NO. The summed E-state index contributed by atoms with van der Waals surface area (Å²) in [4.78, 5) is 4.26. The lowest BCUT2D eigenvalue weighted by Gasteiger charge is -2.23. The van der Waals surface area contributed by atoms with Crippen LogP contribution in [0.3, 0.4) is 0 Å². The van der Waals surface area contributed by atoms with Gasteiger partial charge in [0.1, 0.15) is 11.4 Å². The first-order chi connectivity index (χ1) is 10.1. The van der Waals surface area contributed by atoms with E-state index in [0.717, 1.165) is 0 Å². The topological polar surface area (TPSA) is 22.1 Å². The SMILES string of the molecule is CC(C)(C)Oc1cc(CCC(F)(F)F)nc2c(Cl)cccc12. The van der Waals surface area contributed by atoms with E-state index in [1.165, 1.54) is 0 Å². The van der Waals surface area contributed by atoms with Gasteiger partial charge in [0.2, 0.25) is 0 Å². The number of hydrogen-bond donors (Lipinski definition) is 0. The molecule has 0 atom stereocenters. The monoisotopic (exact) mass is 331 g/mol. The van der Waals surface area contributed by atoms with Crippen molar-refractivity contribution in [3.8, 4) is 5.75 Å². The van der Waals surface area contributed by atoms with Crippen molar-refractivity contribution in [2.75, 3.05) is 0 Å². The van der Waals surface area contributed by atoms with Crippen LogP contribution in [-0.4, -0.2) is 16.8 Å². The molecule has 1 aromatic carbocycles. The van der Waals surface area contributed by atoms with E-state index in [4.69, 9.17) is 16.3 Å². The van der Waals surface area contributed by atoms with Gasteiger partial charge in [0.15, 0.2) is 0 Å². The number of halogens is 4. The summed E-state index contributed by atoms with van der Waals surface area (Å²) in [6.07, 6.45) is -5.35. The van der Waals surface area contributed by atoms with Crippen LogP contribution in [-0.2, 0) is 6.42 Å². The third-order valence-corrected chi connectivity index (χ3v) is 3.19. The van der Waals surface area contributed by atoms with E-state index in [1.54, 1.807) is 24.3 Å². The summed E-state index contributed by atoms with van der Waals surface area (Å²) >= 11 is 6.12. The molecule has 0 amide bonds. The Bertz CT molecular complexity index is 677. The fourth-order valence-electron chi connectivity index (χ4n) is 2.04. The lowest BCUT2D eigenvalue weighted by Crippen LogP contribution is -2.23. The zero-order valence-electron chi connectivity index (χ0n) is 12.6. The highest BCUT2D eigenvalue weighted by atomic mass is 35.5. The molecule has 2 rings (SSSR count). The summed E-state index contributed by atoms with van der Waals surface area (Å²) < 4.78 is 43.1. The first-order valence-corrected chi connectivity index (χ1v) is 7.27. The van der Waals surface area contributed by atoms with Crippen LogP contribution < -0.4 is 4.74 Å². The molecule has 1 aromatic heterocycles. The maximum absolute atomic E-state index is 12.4. The Morgan fingerprint density at radius 2 is 1.86 bits per heavy atom. The molecule has 2 nitrogen and oxygen atoms in total. The van der Waals surface area contributed by atoms with Gasteiger partial charge in [-0.3, -0.25) is 4.98 Å². The third kappa shape index (κ3) is 4.50. The second-order valence-corrected chi connectivity index (χ2v) is 6.48. The van der Waals surface area contributed by atoms with Gasteiger partial charge in [-0.1, -0.05) is 17.7 Å². The minimum Gasteiger partial charge on any atom is -0.487 e. The van der Waals surface area contributed by atoms with Gasteiger partial charge in [-0.2, -0.15) is 13.2 Å². The molecule has 0 saturated heterocycles. The first kappa shape index (κ1) is 16.9. The van der Waals surface area contributed by atoms with Crippen molar-refractivity contribution in [3.05, 3.63) is 35.0 Å². The molecule has 0 spiro atoms. The number of aryl methyl sites for hydroxylation is 1. The Kier molecular flexibility index (Phi) is 4.57. The number of alkyl halides is 3. The van der Waals surface area contributed by atoms with Crippen molar-refractivity contribution in [1.82, 2.24) is 4.98 Å². The van der Waals surface area contributed by atoms with Crippen LogP contribution in [0.2, 0.25) is 5.02 Å². The number of pyridine rings is 1. The molecule has 0 radical (unpaired) electrons. The summed E-state index contributed by atoms with van der Waals surface area (Å²) in [6, 6.07) is 6.78. The molecule has 22 heavy (non-hydrogen) atoms. The lowest BCUT2D eigenvalue weighted by molar-refractivity contribution is -0.134. The summed E-state index contributed by atoms with van der Waals surface area (Å²) in [7, 11) is 0. The largest absolute Gasteiger partial charge is 0.487 e. The second-order valence-electron chi connectivity index (χ2n) is 6.08. The lowest BCUT2D eigenvalue weighted by atomic mass is 10.1. The minimum atomic E-state index is -4.22. The van der Waals surface area contributed by atoms with Crippen LogP contribution in [0.25, 0.3) is 10.9 Å². The Labute approximate surface area is 132 Å². The molecule has 2 aromatic rings. The standard InChI is InChI=1S/C16H17ClF3NO/c1-15(2,3)22-13-9-10(7-8-16(18,19)20)21-14-11(13)5-4-6-12(14)17/h4-6,9H,7-8H2,1-3H3. The number of fused-ring (bicyclic) bond motifs is 1. The minimum absolute atomic E-state index is 0.203. The zero-order valence-corrected chi connectivity index (χ0v) is 13.3. The molecular weight excluding hydrogens is 315 g/mol. The third-order valence-electron chi connectivity index (χ3n) is 2.89. The van der Waals surface area contributed by atoms with Crippen LogP contribution in [0.4, 0.5) is 13.2 Å². The van der Waals surface area contributed by atoms with Gasteiger partial charge >= 0.3 is 6.18 Å². The van der Waals surface area contributed by atoms with Crippen LogP contribution in [0.5, 0.6) is 5.75 Å². The molecule has 6 heteroatoms. The van der Waals surface area contributed by atoms with E-state index in [2.05, 4.69) is 4.98 Å². The summed E-state index contributed by atoms with van der Waals surface area (Å²) in [5.74, 6) is 0.497. The highest BCUT2D eigenvalue weighted by Crippen LogP contribution is 2.33. The van der Waals surface area contributed by atoms with Crippen molar-refractivity contribution in [3.63, 3.8) is 0 Å². The number of aromatic nitrogens is 1. The molecule has 0 aliphatic heterocycles. The Morgan fingerprint density at radius 3 is 2.45 bits per heavy atom. The number of nitrogens with zero attached hydrogens (tertiary/aromatic N) is 1. The summed E-state index contributed by atoms with van der Waals surface area (Å²) in [6.45, 7) is 5.62. The molecule has 0 unspecified atom stereocenters. The van der Waals surface area contributed by atoms with Crippen molar-refractivity contribution < 1.29 is 17.9 Å². The quantitative estimate of drug-likeness (QED) is 0.734. The van der Waals surface area contributed by atoms with Gasteiger partial charge in [0, 0.05) is 23.6 Å². The summed E-state index contributed by atoms with van der Waals surface area (Å²) in [5, 5.41) is 1.09. The molecule has 120 valence electrons. The van der Waals surface area contributed by atoms with Gasteiger partial charge in [0.05, 0.1) is 10.5 Å². The Balaban J connectivity index is 2.48. The van der Waals surface area contributed by atoms with Crippen molar-refractivity contribution in [1.29, 1.82) is 0 Å². The van der Waals surface area contributed by atoms with E-state index >= 15 is 0 Å². The fourth-order valence-corrected chi connectivity index (χ4v) is 2.26. The van der Waals surface area contributed by atoms with Gasteiger partial charge in [-0.05, 0) is 39.3 Å². The van der Waals surface area contributed by atoms with Crippen LogP contribution in [0.15, 0.2) is 24.3 Å². The normalized spacial score (nSPS) is 12.7. The van der Waals surface area contributed by atoms with Crippen LogP contribution in [0.1, 0.15) is 32.9 Å². The number of ether oxygens (including phenoxy) is 1. The number of rotatable bonds is 3. The summed E-state index contributed by atoms with van der Waals surface area (Å²) in [5.41, 5.74) is 0.304. The van der Waals surface area contributed by atoms with Crippen molar-refractivity contribution in [2.24, 2.45) is 0 Å². The van der Waals surface area contributed by atoms with Crippen LogP contribution in [0, 0.1) is 0 Å². The van der Waals surface area contributed by atoms with Crippen molar-refractivity contribution >= 4 is 22.5 Å². The highest BCUT2D eigenvalue weighted by Gasteiger charge is 2.27. The van der Waals surface area contributed by atoms with E-state index in [9.17, 15) is 13.2 Å². The molecule has 0 saturated carbocycles. The van der Waals surface area contributed by atoms with Gasteiger partial charge in [-0.15, -0.1) is 0 Å². The Hall–Kier alpha value is -1.49. The zero-order chi connectivity index (χ0) is 16.5. The van der Waals surface area contributed by atoms with E-state index < -0.39 is 18.2 Å². The van der Waals surface area contributed by atoms with Crippen molar-refractivity contribution in [2.45, 2.75) is 45.4 Å². The maximum Gasteiger partial charge on any atom is 0.389 e. The number of para-hydroxylation sites is 1. The number of hydrogen-bond acceptors (Lipinski definition) is 2. The second kappa shape index (κ2) is 5.95. The average molecular weight is 332 g/mol. The molecule has 0 aliphatic rings. The van der Waals surface area contributed by atoms with Gasteiger partial charge in [0.25, 0.3) is 0 Å². The predicted molar refractivity (Wildman–Crippen MR) is 81.5 cm³/mol. The Morgan fingerprint density at radius 1 is 1.18 bits per heavy atom. The predicted octanol–water partition coefficient (Wildman–Crippen LogP) is 5.56. The fraction of sp³-hybridized carbons (Fsp3) is 0.438. The van der Waals surface area contributed by atoms with Crippen LogP contribution >= 0.6 is 11.6 Å². The van der Waals surface area contributed by atoms with E-state index in [-0.39, 0.29) is 6.42 Å². The highest BCUT2D eigenvalue weighted by molar-refractivity contribution is 6.35. The maximum atomic E-state index is 12.4. The molecule has 0 N–H and O–H groups in total. The van der Waals surface area contributed by atoms with E-state index in [1.807, 2.05) is 20.8 Å². The first-order valence-electron chi connectivity index (χ1n) is 6.89. The smallest absolute Gasteiger partial charge is 0.389 e. The number of benzene rings is 1. The van der Waals surface area contributed by atoms with Gasteiger partial charge in [-0.25, -0.2) is 0 Å². The molecule has 0 bridgehead atoms. The van der Waals surface area contributed by atoms with E-state index in [0.29, 0.717) is 27.4 Å². The molecule has 1 heterocycles. The molecule has 0 aliphatic carbocycles. The average Bonchev–Trinajstić information content (AvgIpc) is 2.35.